The van der Waals surface area contributed by atoms with Gasteiger partial charge in [-0.2, -0.15) is 4.39 Å². The number of nitro groups is 1. The van der Waals surface area contributed by atoms with Crippen molar-refractivity contribution in [1.82, 2.24) is 4.90 Å². The second-order valence-electron chi connectivity index (χ2n) is 5.52. The normalized spacial score (nSPS) is 17.9. The van der Waals surface area contributed by atoms with Gasteiger partial charge in [-0.25, -0.2) is 0 Å². The molecule has 1 N–H and O–H groups in total. The molecule has 2 rings (SSSR count). The number of likely N-dealkylation sites (N-methyl/N-ethyl adjacent to an activating group) is 1. The van der Waals surface area contributed by atoms with Gasteiger partial charge < -0.3 is 9.84 Å². The van der Waals surface area contributed by atoms with Gasteiger partial charge in [-0.05, 0) is 7.05 Å². The lowest BCUT2D eigenvalue weighted by Gasteiger charge is -2.35. The maximum atomic E-state index is 14.0. The molecule has 1 aliphatic rings. The van der Waals surface area contributed by atoms with Gasteiger partial charge in [-0.3, -0.25) is 15.0 Å². The summed E-state index contributed by atoms with van der Waals surface area (Å²) in [4.78, 5) is 11.8. The first-order chi connectivity index (χ1) is 9.91. The highest BCUT2D eigenvalue weighted by Crippen LogP contribution is 2.24. The van der Waals surface area contributed by atoms with Crippen LogP contribution in [0.2, 0.25) is 0 Å². The molecular weight excluding hydrogens is 279 g/mol. The van der Waals surface area contributed by atoms with Gasteiger partial charge >= 0.3 is 5.69 Å². The number of benzene rings is 1. The maximum absolute atomic E-state index is 14.0. The fourth-order valence-electron chi connectivity index (χ4n) is 2.59. The molecule has 1 aliphatic heterocycles. The Morgan fingerprint density at radius 2 is 2.14 bits per heavy atom. The van der Waals surface area contributed by atoms with Crippen molar-refractivity contribution < 1.29 is 19.2 Å². The second-order valence-corrected chi connectivity index (χ2v) is 5.52. The molecule has 0 aliphatic carbocycles. The van der Waals surface area contributed by atoms with Crippen molar-refractivity contribution in [2.75, 3.05) is 26.8 Å². The molecule has 0 atom stereocenters. The zero-order chi connectivity index (χ0) is 15.5. The molecule has 0 radical (unpaired) electrons. The molecule has 1 aromatic rings. The standard InChI is InChI=1S/C14H19FN2O4/c1-16(10-14(18)5-7-21-8-6-14)9-11-3-2-4-12(13(11)15)17(19)20/h2-4,18H,5-10H2,1H3. The van der Waals surface area contributed by atoms with Gasteiger partial charge in [0.15, 0.2) is 0 Å². The fourth-order valence-corrected chi connectivity index (χ4v) is 2.59. The molecule has 0 saturated carbocycles. The van der Waals surface area contributed by atoms with Crippen molar-refractivity contribution in [2.45, 2.75) is 25.0 Å². The summed E-state index contributed by atoms with van der Waals surface area (Å²) in [7, 11) is 1.76. The Bertz CT molecular complexity index is 518. The molecule has 21 heavy (non-hydrogen) atoms. The van der Waals surface area contributed by atoms with Gasteiger partial charge in [0.05, 0.1) is 10.5 Å². The number of hydrogen-bond acceptors (Lipinski definition) is 5. The molecule has 7 heteroatoms. The molecule has 0 bridgehead atoms. The summed E-state index contributed by atoms with van der Waals surface area (Å²) in [6, 6.07) is 4.13. The Hall–Kier alpha value is -1.57. The largest absolute Gasteiger partial charge is 0.388 e. The highest BCUT2D eigenvalue weighted by atomic mass is 19.1. The van der Waals surface area contributed by atoms with Crippen LogP contribution in [0.25, 0.3) is 0 Å². The molecule has 116 valence electrons. The maximum Gasteiger partial charge on any atom is 0.305 e. The van der Waals surface area contributed by atoms with E-state index >= 15 is 0 Å². The van der Waals surface area contributed by atoms with Crippen LogP contribution in [0.5, 0.6) is 0 Å². The minimum atomic E-state index is -0.843. The minimum Gasteiger partial charge on any atom is -0.388 e. The lowest BCUT2D eigenvalue weighted by molar-refractivity contribution is -0.387. The summed E-state index contributed by atoms with van der Waals surface area (Å²) in [6.45, 7) is 1.60. The number of nitrogens with zero attached hydrogens (tertiary/aromatic N) is 2. The summed E-state index contributed by atoms with van der Waals surface area (Å²) in [5, 5.41) is 21.1. The highest BCUT2D eigenvalue weighted by molar-refractivity contribution is 5.36. The van der Waals surface area contributed by atoms with Crippen LogP contribution in [0.4, 0.5) is 10.1 Å². The van der Waals surface area contributed by atoms with E-state index in [1.807, 2.05) is 0 Å². The van der Waals surface area contributed by atoms with Crippen LogP contribution in [0.1, 0.15) is 18.4 Å². The Kier molecular flexibility index (Phi) is 4.87. The van der Waals surface area contributed by atoms with Crippen LogP contribution < -0.4 is 0 Å². The predicted octanol–water partition coefficient (Wildman–Crippen LogP) is 1.71. The fraction of sp³-hybridized carbons (Fsp3) is 0.571. The average molecular weight is 298 g/mol. The van der Waals surface area contributed by atoms with E-state index in [-0.39, 0.29) is 12.1 Å². The molecule has 0 spiro atoms. The van der Waals surface area contributed by atoms with E-state index in [0.29, 0.717) is 32.6 Å². The first kappa shape index (κ1) is 15.8. The molecule has 0 amide bonds. The van der Waals surface area contributed by atoms with Crippen LogP contribution in [0, 0.1) is 15.9 Å². The SMILES string of the molecule is CN(Cc1cccc([N+](=O)[O-])c1F)CC1(O)CCOCC1. The quantitative estimate of drug-likeness (QED) is 0.661. The highest BCUT2D eigenvalue weighted by Gasteiger charge is 2.31. The summed E-state index contributed by atoms with van der Waals surface area (Å²) in [6.07, 6.45) is 1.07. The van der Waals surface area contributed by atoms with E-state index in [9.17, 15) is 19.6 Å². The van der Waals surface area contributed by atoms with Crippen molar-refractivity contribution in [3.63, 3.8) is 0 Å². The molecule has 1 saturated heterocycles. The lowest BCUT2D eigenvalue weighted by atomic mass is 9.94. The molecule has 1 heterocycles. The molecule has 0 unspecified atom stereocenters. The third kappa shape index (κ3) is 3.96. The second kappa shape index (κ2) is 6.46. The third-order valence-electron chi connectivity index (χ3n) is 3.68. The van der Waals surface area contributed by atoms with E-state index in [2.05, 4.69) is 0 Å². The monoisotopic (exact) mass is 298 g/mol. The third-order valence-corrected chi connectivity index (χ3v) is 3.68. The molecule has 0 aromatic heterocycles. The Balaban J connectivity index is 2.04. The molecule has 1 aromatic carbocycles. The van der Waals surface area contributed by atoms with Gasteiger partial charge in [0, 0.05) is 50.8 Å². The van der Waals surface area contributed by atoms with Gasteiger partial charge in [-0.1, -0.05) is 12.1 Å². The van der Waals surface area contributed by atoms with E-state index in [1.54, 1.807) is 11.9 Å². The van der Waals surface area contributed by atoms with Gasteiger partial charge in [-0.15, -0.1) is 0 Å². The Morgan fingerprint density at radius 1 is 1.48 bits per heavy atom. The lowest BCUT2D eigenvalue weighted by Crippen LogP contribution is -2.45. The van der Waals surface area contributed by atoms with Crippen molar-refractivity contribution in [2.24, 2.45) is 0 Å². The van der Waals surface area contributed by atoms with Gasteiger partial charge in [0.2, 0.25) is 5.82 Å². The minimum absolute atomic E-state index is 0.205. The van der Waals surface area contributed by atoms with Gasteiger partial charge in [0.1, 0.15) is 0 Å². The Labute approximate surface area is 122 Å². The summed E-state index contributed by atoms with van der Waals surface area (Å²) in [5.74, 6) is -0.812. The first-order valence-corrected chi connectivity index (χ1v) is 6.82. The number of rotatable bonds is 5. The molecule has 6 nitrogen and oxygen atoms in total. The van der Waals surface area contributed by atoms with Crippen LogP contribution in [-0.2, 0) is 11.3 Å². The summed E-state index contributed by atoms with van der Waals surface area (Å²) < 4.78 is 19.2. The van der Waals surface area contributed by atoms with E-state index in [0.717, 1.165) is 6.07 Å². The number of halogens is 1. The van der Waals surface area contributed by atoms with E-state index < -0.39 is 22.0 Å². The number of ether oxygens (including phenoxy) is 1. The predicted molar refractivity (Wildman–Crippen MR) is 74.4 cm³/mol. The number of nitro benzene ring substituents is 1. The van der Waals surface area contributed by atoms with Crippen LogP contribution in [0.15, 0.2) is 18.2 Å². The average Bonchev–Trinajstić information content (AvgIpc) is 2.41. The zero-order valence-corrected chi connectivity index (χ0v) is 11.9. The molecular formula is C14H19FN2O4. The Morgan fingerprint density at radius 3 is 2.76 bits per heavy atom. The smallest absolute Gasteiger partial charge is 0.305 e. The van der Waals surface area contributed by atoms with Crippen molar-refractivity contribution >= 4 is 5.69 Å². The van der Waals surface area contributed by atoms with Gasteiger partial charge in [0.25, 0.3) is 0 Å². The zero-order valence-electron chi connectivity index (χ0n) is 11.9. The van der Waals surface area contributed by atoms with Crippen LogP contribution in [-0.4, -0.2) is 47.3 Å². The topological polar surface area (TPSA) is 75.8 Å². The summed E-state index contributed by atoms with van der Waals surface area (Å²) >= 11 is 0. The van der Waals surface area contributed by atoms with Crippen LogP contribution >= 0.6 is 0 Å². The summed E-state index contributed by atoms with van der Waals surface area (Å²) in [5.41, 5.74) is -1.11. The van der Waals surface area contributed by atoms with E-state index in [4.69, 9.17) is 4.74 Å². The van der Waals surface area contributed by atoms with Crippen molar-refractivity contribution in [3.05, 3.63) is 39.7 Å². The van der Waals surface area contributed by atoms with Crippen LogP contribution in [0.3, 0.4) is 0 Å². The number of hydrogen-bond donors (Lipinski definition) is 1. The van der Waals surface area contributed by atoms with Crippen molar-refractivity contribution in [3.8, 4) is 0 Å². The molecule has 1 fully saturated rings. The van der Waals surface area contributed by atoms with E-state index in [1.165, 1.54) is 12.1 Å². The number of aliphatic hydroxyl groups is 1. The van der Waals surface area contributed by atoms with Crippen molar-refractivity contribution in [1.29, 1.82) is 0 Å². The first-order valence-electron chi connectivity index (χ1n) is 6.82.